The number of carbonyl (C=O) groups excluding carboxylic acids is 1. The molecule has 0 aliphatic rings. The number of carboxylic acid groups (broad SMARTS) is 1. The van der Waals surface area contributed by atoms with E-state index in [1.807, 2.05) is 0 Å². The Kier molecular flexibility index (Phi) is 4.41. The number of aliphatic carboxylic acids is 1. The molecule has 0 aliphatic carbocycles. The molecule has 0 spiro atoms. The van der Waals surface area contributed by atoms with Crippen LogP contribution in [0.5, 0.6) is 0 Å². The Bertz CT molecular complexity index is 744. The molecule has 0 aliphatic heterocycles. The molecular weight excluding hydrogens is 289 g/mol. The van der Waals surface area contributed by atoms with Gasteiger partial charge in [0.2, 0.25) is 0 Å². The Balaban J connectivity index is 2.24. The first-order valence-electron chi connectivity index (χ1n) is 6.46. The average molecular weight is 303 g/mol. The number of aliphatic hydroxyl groups excluding tert-OH is 1. The summed E-state index contributed by atoms with van der Waals surface area (Å²) in [7, 11) is 1.68. The van der Waals surface area contributed by atoms with Crippen molar-refractivity contribution in [1.29, 1.82) is 0 Å². The van der Waals surface area contributed by atoms with Crippen molar-refractivity contribution in [3.63, 3.8) is 0 Å². The van der Waals surface area contributed by atoms with E-state index in [1.54, 1.807) is 35.9 Å². The molecule has 0 radical (unpaired) electrons. The van der Waals surface area contributed by atoms with E-state index in [1.165, 1.54) is 12.1 Å². The number of aliphatic hydroxyl groups is 1. The number of hydrogen-bond acceptors (Lipinski definition) is 3. The summed E-state index contributed by atoms with van der Waals surface area (Å²) in [4.78, 5) is 21.6. The molecule has 1 aromatic heterocycles. The minimum absolute atomic E-state index is 0.316. The fourth-order valence-corrected chi connectivity index (χ4v) is 2.06. The van der Waals surface area contributed by atoms with Gasteiger partial charge in [0, 0.05) is 25.2 Å². The van der Waals surface area contributed by atoms with E-state index in [9.17, 15) is 19.1 Å². The van der Waals surface area contributed by atoms with E-state index in [-0.39, 0.29) is 5.82 Å². The second kappa shape index (κ2) is 6.26. The summed E-state index contributed by atoms with van der Waals surface area (Å²) >= 11 is 0. The fraction of sp³-hybridized carbons (Fsp3) is 0.125. The summed E-state index contributed by atoms with van der Waals surface area (Å²) in [5, 5.41) is 18.4. The highest BCUT2D eigenvalue weighted by Crippen LogP contribution is 2.18. The molecule has 5 nitrogen and oxygen atoms in total. The minimum Gasteiger partial charge on any atom is -0.506 e. The van der Waals surface area contributed by atoms with Crippen LogP contribution >= 0.6 is 0 Å². The Labute approximate surface area is 125 Å². The van der Waals surface area contributed by atoms with Gasteiger partial charge in [-0.2, -0.15) is 0 Å². The van der Waals surface area contributed by atoms with Crippen LogP contribution in [0.4, 0.5) is 4.39 Å². The number of aromatic nitrogens is 1. The molecule has 0 saturated carbocycles. The molecule has 0 unspecified atom stereocenters. The Morgan fingerprint density at radius 1 is 1.14 bits per heavy atom. The summed E-state index contributed by atoms with van der Waals surface area (Å²) in [5.74, 6) is -3.56. The molecular formula is C16H14FNO4. The van der Waals surface area contributed by atoms with Crippen LogP contribution in [0.2, 0.25) is 0 Å². The molecule has 0 fully saturated rings. The van der Waals surface area contributed by atoms with Crippen molar-refractivity contribution >= 4 is 17.5 Å². The topological polar surface area (TPSA) is 79.5 Å². The van der Waals surface area contributed by atoms with Crippen molar-refractivity contribution in [2.75, 3.05) is 0 Å². The van der Waals surface area contributed by atoms with E-state index in [4.69, 9.17) is 5.11 Å². The fourth-order valence-electron chi connectivity index (χ4n) is 2.06. The summed E-state index contributed by atoms with van der Waals surface area (Å²) < 4.78 is 14.5. The van der Waals surface area contributed by atoms with Gasteiger partial charge in [0.05, 0.1) is 5.69 Å². The standard InChI is InChI=1S/C16H14FNO4/c1-18-12(8-10-2-4-11(17)5-3-10)6-7-13(18)14(19)9-15(20)16(21)22/h2-7,9,19H,8H2,1H3,(H,21,22)/b14-9-. The van der Waals surface area contributed by atoms with E-state index < -0.39 is 17.5 Å². The quantitative estimate of drug-likeness (QED) is 0.504. The van der Waals surface area contributed by atoms with Crippen molar-refractivity contribution in [2.24, 2.45) is 7.05 Å². The molecule has 1 aromatic carbocycles. The maximum absolute atomic E-state index is 12.9. The number of hydrogen-bond donors (Lipinski definition) is 2. The van der Waals surface area contributed by atoms with Gasteiger partial charge in [-0.3, -0.25) is 4.79 Å². The van der Waals surface area contributed by atoms with E-state index >= 15 is 0 Å². The van der Waals surface area contributed by atoms with E-state index in [0.717, 1.165) is 11.3 Å². The lowest BCUT2D eigenvalue weighted by Gasteiger charge is -2.07. The highest BCUT2D eigenvalue weighted by molar-refractivity contribution is 6.38. The van der Waals surface area contributed by atoms with Crippen molar-refractivity contribution in [3.05, 3.63) is 65.2 Å². The molecule has 2 rings (SSSR count). The molecule has 22 heavy (non-hydrogen) atoms. The van der Waals surface area contributed by atoms with Gasteiger partial charge in [0.1, 0.15) is 11.6 Å². The Morgan fingerprint density at radius 3 is 2.36 bits per heavy atom. The first-order chi connectivity index (χ1) is 10.4. The third kappa shape index (κ3) is 3.41. The summed E-state index contributed by atoms with van der Waals surface area (Å²) in [6.45, 7) is 0. The zero-order valence-electron chi connectivity index (χ0n) is 11.8. The van der Waals surface area contributed by atoms with Crippen LogP contribution in [-0.2, 0) is 23.1 Å². The Hall–Kier alpha value is -2.89. The Morgan fingerprint density at radius 2 is 1.77 bits per heavy atom. The van der Waals surface area contributed by atoms with Crippen molar-refractivity contribution in [1.82, 2.24) is 4.57 Å². The third-order valence-electron chi connectivity index (χ3n) is 3.27. The molecule has 0 amide bonds. The second-order valence-corrected chi connectivity index (χ2v) is 4.77. The average Bonchev–Trinajstić information content (AvgIpc) is 2.82. The normalized spacial score (nSPS) is 11.5. The maximum Gasteiger partial charge on any atom is 0.376 e. The second-order valence-electron chi connectivity index (χ2n) is 4.77. The van der Waals surface area contributed by atoms with Gasteiger partial charge >= 0.3 is 5.97 Å². The van der Waals surface area contributed by atoms with Gasteiger partial charge in [0.25, 0.3) is 5.78 Å². The number of halogens is 1. The molecule has 114 valence electrons. The van der Waals surface area contributed by atoms with Crippen LogP contribution in [0.3, 0.4) is 0 Å². The van der Waals surface area contributed by atoms with E-state index in [0.29, 0.717) is 18.2 Å². The summed E-state index contributed by atoms with van der Waals surface area (Å²) in [6.07, 6.45) is 1.18. The highest BCUT2D eigenvalue weighted by atomic mass is 19.1. The van der Waals surface area contributed by atoms with Gasteiger partial charge in [-0.1, -0.05) is 12.1 Å². The van der Waals surface area contributed by atoms with Gasteiger partial charge in [-0.05, 0) is 29.8 Å². The van der Waals surface area contributed by atoms with E-state index in [2.05, 4.69) is 0 Å². The van der Waals surface area contributed by atoms with Crippen molar-refractivity contribution in [2.45, 2.75) is 6.42 Å². The number of carboxylic acids is 1. The minimum atomic E-state index is -1.63. The maximum atomic E-state index is 12.9. The molecule has 0 atom stereocenters. The zero-order chi connectivity index (χ0) is 16.3. The smallest absolute Gasteiger partial charge is 0.376 e. The molecule has 6 heteroatoms. The van der Waals surface area contributed by atoms with Crippen LogP contribution < -0.4 is 0 Å². The first-order valence-corrected chi connectivity index (χ1v) is 6.46. The SMILES string of the molecule is Cn1c(Cc2ccc(F)cc2)ccc1/C(O)=C/C(=O)C(=O)O. The number of carbonyl (C=O) groups is 2. The molecule has 0 bridgehead atoms. The number of nitrogens with zero attached hydrogens (tertiary/aromatic N) is 1. The van der Waals surface area contributed by atoms with Gasteiger partial charge in [-0.15, -0.1) is 0 Å². The number of ketones is 1. The third-order valence-corrected chi connectivity index (χ3v) is 3.27. The van der Waals surface area contributed by atoms with Crippen LogP contribution in [0, 0.1) is 5.82 Å². The molecule has 2 N–H and O–H groups in total. The lowest BCUT2D eigenvalue weighted by atomic mass is 10.1. The van der Waals surface area contributed by atoms with Crippen molar-refractivity contribution in [3.8, 4) is 0 Å². The van der Waals surface area contributed by atoms with Crippen LogP contribution in [0.1, 0.15) is 17.0 Å². The number of rotatable bonds is 5. The monoisotopic (exact) mass is 303 g/mol. The molecule has 1 heterocycles. The predicted molar refractivity (Wildman–Crippen MR) is 77.9 cm³/mol. The van der Waals surface area contributed by atoms with Gasteiger partial charge in [-0.25, -0.2) is 9.18 Å². The molecule has 2 aromatic rings. The van der Waals surface area contributed by atoms with Gasteiger partial charge < -0.3 is 14.8 Å². The molecule has 0 saturated heterocycles. The van der Waals surface area contributed by atoms with Crippen LogP contribution in [0.25, 0.3) is 5.76 Å². The summed E-state index contributed by atoms with van der Waals surface area (Å²) in [5.41, 5.74) is 2.04. The van der Waals surface area contributed by atoms with Gasteiger partial charge in [0.15, 0.2) is 0 Å². The lowest BCUT2D eigenvalue weighted by molar-refractivity contribution is -0.146. The largest absolute Gasteiger partial charge is 0.506 e. The summed E-state index contributed by atoms with van der Waals surface area (Å²) in [6, 6.07) is 9.37. The zero-order valence-corrected chi connectivity index (χ0v) is 11.8. The number of benzene rings is 1. The predicted octanol–water partition coefficient (Wildman–Crippen LogP) is 2.31. The van der Waals surface area contributed by atoms with Crippen molar-refractivity contribution < 1.29 is 24.2 Å². The van der Waals surface area contributed by atoms with Crippen LogP contribution in [0.15, 0.2) is 42.5 Å². The first kappa shape index (κ1) is 15.5. The lowest BCUT2D eigenvalue weighted by Crippen LogP contribution is -2.10. The van der Waals surface area contributed by atoms with Crippen LogP contribution in [-0.4, -0.2) is 26.5 Å². The highest BCUT2D eigenvalue weighted by Gasteiger charge is 2.14.